The predicted molar refractivity (Wildman–Crippen MR) is 79.7 cm³/mol. The molecule has 2 heterocycles. The Kier molecular flexibility index (Phi) is 4.82. The summed E-state index contributed by atoms with van der Waals surface area (Å²) in [6.07, 6.45) is 2.17. The van der Waals surface area contributed by atoms with Crippen molar-refractivity contribution in [2.24, 2.45) is 7.05 Å². The third kappa shape index (κ3) is 3.66. The van der Waals surface area contributed by atoms with E-state index in [4.69, 9.17) is 0 Å². The maximum Gasteiger partial charge on any atom is 0.271 e. The number of nitrogens with zero attached hydrogens (tertiary/aromatic N) is 4. The van der Waals surface area contributed by atoms with Crippen LogP contribution in [0.5, 0.6) is 0 Å². The summed E-state index contributed by atoms with van der Waals surface area (Å²) >= 11 is 0. The molecule has 0 radical (unpaired) electrons. The van der Waals surface area contributed by atoms with Gasteiger partial charge in [0, 0.05) is 38.0 Å². The van der Waals surface area contributed by atoms with E-state index in [1.165, 1.54) is 36.1 Å². The second kappa shape index (κ2) is 6.79. The summed E-state index contributed by atoms with van der Waals surface area (Å²) in [7, 11) is 1.47. The Morgan fingerprint density at radius 2 is 2.05 bits per heavy atom. The van der Waals surface area contributed by atoms with Gasteiger partial charge in [0.2, 0.25) is 0 Å². The third-order valence-corrected chi connectivity index (χ3v) is 3.13. The summed E-state index contributed by atoms with van der Waals surface area (Å²) in [5, 5.41) is 6.50. The SMILES string of the molecule is CCc1cc(=O)n(CCNC(=O)c2ccc(=O)n(C)n2)cn1. The molecule has 0 aliphatic carbocycles. The van der Waals surface area contributed by atoms with Gasteiger partial charge in [0.25, 0.3) is 17.0 Å². The van der Waals surface area contributed by atoms with Crippen molar-refractivity contribution in [3.63, 3.8) is 0 Å². The number of amides is 1. The molecule has 22 heavy (non-hydrogen) atoms. The monoisotopic (exact) mass is 303 g/mol. The van der Waals surface area contributed by atoms with Crippen LogP contribution in [-0.4, -0.2) is 31.8 Å². The molecule has 0 saturated heterocycles. The number of hydrogen-bond donors (Lipinski definition) is 1. The average Bonchev–Trinajstić information content (AvgIpc) is 2.51. The molecule has 2 aromatic heterocycles. The van der Waals surface area contributed by atoms with E-state index in [0.717, 1.165) is 10.4 Å². The molecule has 0 bridgehead atoms. The van der Waals surface area contributed by atoms with Crippen molar-refractivity contribution in [3.8, 4) is 0 Å². The molecule has 2 aromatic rings. The van der Waals surface area contributed by atoms with Crippen LogP contribution < -0.4 is 16.4 Å². The van der Waals surface area contributed by atoms with E-state index in [2.05, 4.69) is 15.4 Å². The van der Waals surface area contributed by atoms with E-state index in [-0.39, 0.29) is 23.4 Å². The summed E-state index contributed by atoms with van der Waals surface area (Å²) in [5.41, 5.74) is 0.445. The zero-order chi connectivity index (χ0) is 16.1. The van der Waals surface area contributed by atoms with Gasteiger partial charge in [-0.3, -0.25) is 19.0 Å². The van der Waals surface area contributed by atoms with Crippen molar-refractivity contribution in [1.29, 1.82) is 0 Å². The van der Waals surface area contributed by atoms with Crippen LogP contribution in [-0.2, 0) is 20.0 Å². The predicted octanol–water partition coefficient (Wildman–Crippen LogP) is -0.671. The van der Waals surface area contributed by atoms with Crippen LogP contribution in [0.4, 0.5) is 0 Å². The number of aryl methyl sites for hydroxylation is 2. The van der Waals surface area contributed by atoms with Crippen LogP contribution in [0.3, 0.4) is 0 Å². The first-order chi connectivity index (χ1) is 10.5. The van der Waals surface area contributed by atoms with Gasteiger partial charge in [-0.05, 0) is 12.5 Å². The van der Waals surface area contributed by atoms with E-state index in [1.807, 2.05) is 6.92 Å². The van der Waals surface area contributed by atoms with E-state index >= 15 is 0 Å². The Morgan fingerprint density at radius 3 is 2.68 bits per heavy atom. The topological polar surface area (TPSA) is 98.9 Å². The summed E-state index contributed by atoms with van der Waals surface area (Å²) in [6, 6.07) is 4.12. The number of carbonyl (C=O) groups excluding carboxylic acids is 1. The van der Waals surface area contributed by atoms with Crippen molar-refractivity contribution >= 4 is 5.91 Å². The minimum absolute atomic E-state index is 0.147. The minimum atomic E-state index is -0.401. The number of hydrogen-bond acceptors (Lipinski definition) is 5. The molecular formula is C14H17N5O3. The van der Waals surface area contributed by atoms with Crippen LogP contribution in [0, 0.1) is 0 Å². The standard InChI is InChI=1S/C14H17N5O3/c1-3-10-8-13(21)19(9-16-10)7-6-15-14(22)11-4-5-12(20)18(2)17-11/h4-5,8-9H,3,6-7H2,1-2H3,(H,15,22). The maximum absolute atomic E-state index is 11.9. The lowest BCUT2D eigenvalue weighted by Crippen LogP contribution is -2.32. The first-order valence-corrected chi connectivity index (χ1v) is 6.89. The summed E-state index contributed by atoms with van der Waals surface area (Å²) in [4.78, 5) is 39.0. The van der Waals surface area contributed by atoms with E-state index < -0.39 is 5.91 Å². The van der Waals surface area contributed by atoms with E-state index in [0.29, 0.717) is 13.0 Å². The van der Waals surface area contributed by atoms with Crippen LogP contribution in [0.15, 0.2) is 34.1 Å². The van der Waals surface area contributed by atoms with Gasteiger partial charge in [0.1, 0.15) is 5.69 Å². The highest BCUT2D eigenvalue weighted by molar-refractivity contribution is 5.91. The van der Waals surface area contributed by atoms with Crippen molar-refractivity contribution < 1.29 is 4.79 Å². The molecule has 0 unspecified atom stereocenters. The van der Waals surface area contributed by atoms with Crippen molar-refractivity contribution in [1.82, 2.24) is 24.6 Å². The summed E-state index contributed by atoms with van der Waals surface area (Å²) in [5.74, 6) is -0.401. The van der Waals surface area contributed by atoms with Gasteiger partial charge in [-0.25, -0.2) is 9.67 Å². The third-order valence-electron chi connectivity index (χ3n) is 3.13. The largest absolute Gasteiger partial charge is 0.349 e. The number of nitrogens with one attached hydrogen (secondary N) is 1. The van der Waals surface area contributed by atoms with Crippen molar-refractivity contribution in [2.45, 2.75) is 19.9 Å². The smallest absolute Gasteiger partial charge is 0.271 e. The lowest BCUT2D eigenvalue weighted by atomic mass is 10.3. The highest BCUT2D eigenvalue weighted by Crippen LogP contribution is 1.91. The minimum Gasteiger partial charge on any atom is -0.349 e. The number of rotatable bonds is 5. The van der Waals surface area contributed by atoms with E-state index in [9.17, 15) is 14.4 Å². The van der Waals surface area contributed by atoms with Gasteiger partial charge in [0.15, 0.2) is 0 Å². The molecule has 1 amide bonds. The average molecular weight is 303 g/mol. The zero-order valence-corrected chi connectivity index (χ0v) is 12.4. The number of aromatic nitrogens is 4. The van der Waals surface area contributed by atoms with Gasteiger partial charge >= 0.3 is 0 Å². The Labute approximate surface area is 126 Å². The Balaban J connectivity index is 1.96. The second-order valence-corrected chi connectivity index (χ2v) is 4.70. The Bertz CT molecular complexity index is 794. The van der Waals surface area contributed by atoms with Crippen molar-refractivity contribution in [2.75, 3.05) is 6.54 Å². The highest BCUT2D eigenvalue weighted by atomic mass is 16.2. The first-order valence-electron chi connectivity index (χ1n) is 6.89. The fourth-order valence-corrected chi connectivity index (χ4v) is 1.83. The van der Waals surface area contributed by atoms with Crippen molar-refractivity contribution in [3.05, 3.63) is 56.6 Å². The van der Waals surface area contributed by atoms with Gasteiger partial charge < -0.3 is 5.32 Å². The molecule has 0 saturated carbocycles. The molecule has 2 rings (SSSR count). The second-order valence-electron chi connectivity index (χ2n) is 4.70. The van der Waals surface area contributed by atoms with Crippen LogP contribution in [0.1, 0.15) is 23.1 Å². The Hall–Kier alpha value is -2.77. The molecular weight excluding hydrogens is 286 g/mol. The molecule has 0 aliphatic heterocycles. The zero-order valence-electron chi connectivity index (χ0n) is 12.4. The molecule has 116 valence electrons. The summed E-state index contributed by atoms with van der Waals surface area (Å²) < 4.78 is 2.51. The fraction of sp³-hybridized carbons (Fsp3) is 0.357. The van der Waals surface area contributed by atoms with Crippen LogP contribution in [0.25, 0.3) is 0 Å². The molecule has 8 nitrogen and oxygen atoms in total. The maximum atomic E-state index is 11.9. The highest BCUT2D eigenvalue weighted by Gasteiger charge is 2.08. The van der Waals surface area contributed by atoms with Gasteiger partial charge in [-0.1, -0.05) is 6.92 Å². The molecule has 0 spiro atoms. The molecule has 0 aromatic carbocycles. The summed E-state index contributed by atoms with van der Waals surface area (Å²) in [6.45, 7) is 2.50. The fourth-order valence-electron chi connectivity index (χ4n) is 1.83. The van der Waals surface area contributed by atoms with Crippen LogP contribution >= 0.6 is 0 Å². The molecule has 8 heteroatoms. The number of carbonyl (C=O) groups is 1. The Morgan fingerprint density at radius 1 is 1.27 bits per heavy atom. The van der Waals surface area contributed by atoms with Gasteiger partial charge in [-0.2, -0.15) is 5.10 Å². The van der Waals surface area contributed by atoms with Gasteiger partial charge in [0.05, 0.1) is 6.33 Å². The lowest BCUT2D eigenvalue weighted by Gasteiger charge is -2.07. The normalized spacial score (nSPS) is 10.5. The molecule has 1 N–H and O–H groups in total. The first kappa shape index (κ1) is 15.6. The van der Waals surface area contributed by atoms with E-state index in [1.54, 1.807) is 0 Å². The van der Waals surface area contributed by atoms with Gasteiger partial charge in [-0.15, -0.1) is 0 Å². The molecule has 0 fully saturated rings. The molecule has 0 atom stereocenters. The molecule has 0 aliphatic rings. The lowest BCUT2D eigenvalue weighted by molar-refractivity contribution is 0.0945. The van der Waals surface area contributed by atoms with Crippen LogP contribution in [0.2, 0.25) is 0 Å². The quantitative estimate of drug-likeness (QED) is 0.790.